The van der Waals surface area contributed by atoms with Crippen molar-refractivity contribution in [2.45, 2.75) is 39.7 Å². The number of amidine groups is 1. The van der Waals surface area contributed by atoms with Crippen LogP contribution in [0.1, 0.15) is 45.2 Å². The molecule has 172 valence electrons. The van der Waals surface area contributed by atoms with E-state index < -0.39 is 12.0 Å². The molecule has 8 heteroatoms. The van der Waals surface area contributed by atoms with Crippen LogP contribution in [-0.2, 0) is 14.3 Å². The van der Waals surface area contributed by atoms with Gasteiger partial charge in [-0.1, -0.05) is 44.3 Å². The standard InChI is InChI=1S/C24H30N2O5S/c1-6-11-31-23(28)21-16(4)25-24-26(20(27)10-13-32-24)22(21)17-7-8-18(19(14-17)29-5)30-12-9-15(2)3/h6-8,14-15,22H,1,9-13H2,2-5H3. The molecule has 1 aromatic rings. The molecule has 2 heterocycles. The van der Waals surface area contributed by atoms with Gasteiger partial charge in [0.2, 0.25) is 5.91 Å². The molecular formula is C24H30N2O5S. The van der Waals surface area contributed by atoms with Gasteiger partial charge in [0, 0.05) is 12.2 Å². The summed E-state index contributed by atoms with van der Waals surface area (Å²) in [6.07, 6.45) is 2.81. The van der Waals surface area contributed by atoms with E-state index in [0.29, 0.717) is 52.6 Å². The fourth-order valence-corrected chi connectivity index (χ4v) is 4.57. The normalized spacial score (nSPS) is 18.3. The molecule has 32 heavy (non-hydrogen) atoms. The number of carbonyl (C=O) groups is 2. The summed E-state index contributed by atoms with van der Waals surface area (Å²) in [5, 5.41) is 0.597. The zero-order valence-corrected chi connectivity index (χ0v) is 19.9. The first-order valence-electron chi connectivity index (χ1n) is 10.7. The Kier molecular flexibility index (Phi) is 8.01. The maximum absolute atomic E-state index is 13.0. The van der Waals surface area contributed by atoms with E-state index >= 15 is 0 Å². The lowest BCUT2D eigenvalue weighted by Gasteiger charge is -2.39. The highest BCUT2D eigenvalue weighted by Crippen LogP contribution is 2.42. The van der Waals surface area contributed by atoms with Crippen LogP contribution in [0, 0.1) is 5.92 Å². The van der Waals surface area contributed by atoms with Crippen molar-refractivity contribution < 1.29 is 23.8 Å². The van der Waals surface area contributed by atoms with Gasteiger partial charge in [-0.05, 0) is 37.0 Å². The third-order valence-corrected chi connectivity index (χ3v) is 6.17. The van der Waals surface area contributed by atoms with Gasteiger partial charge < -0.3 is 14.2 Å². The highest BCUT2D eigenvalue weighted by molar-refractivity contribution is 8.14. The molecule has 2 aliphatic heterocycles. The van der Waals surface area contributed by atoms with Gasteiger partial charge in [0.1, 0.15) is 6.61 Å². The van der Waals surface area contributed by atoms with Gasteiger partial charge in [-0.15, -0.1) is 0 Å². The molecule has 0 saturated carbocycles. The first kappa shape index (κ1) is 23.9. The number of ether oxygens (including phenoxy) is 3. The second-order valence-corrected chi connectivity index (χ2v) is 9.05. The van der Waals surface area contributed by atoms with E-state index in [4.69, 9.17) is 14.2 Å². The predicted molar refractivity (Wildman–Crippen MR) is 126 cm³/mol. The number of esters is 1. The van der Waals surface area contributed by atoms with Crippen molar-refractivity contribution in [3.05, 3.63) is 47.7 Å². The van der Waals surface area contributed by atoms with Crippen molar-refractivity contribution in [2.75, 3.05) is 26.1 Å². The number of fused-ring (bicyclic) bond motifs is 1. The van der Waals surface area contributed by atoms with Crippen molar-refractivity contribution in [2.24, 2.45) is 10.9 Å². The second-order valence-electron chi connectivity index (χ2n) is 7.99. The zero-order chi connectivity index (χ0) is 23.3. The summed E-state index contributed by atoms with van der Waals surface area (Å²) in [4.78, 5) is 32.0. The van der Waals surface area contributed by atoms with Crippen molar-refractivity contribution in [1.29, 1.82) is 0 Å². The Hall–Kier alpha value is -2.74. The summed E-state index contributed by atoms with van der Waals surface area (Å²) in [5.41, 5.74) is 1.60. The van der Waals surface area contributed by atoms with E-state index in [1.165, 1.54) is 17.8 Å². The molecule has 0 bridgehead atoms. The van der Waals surface area contributed by atoms with E-state index in [0.717, 1.165) is 12.0 Å². The zero-order valence-electron chi connectivity index (χ0n) is 19.1. The van der Waals surface area contributed by atoms with Crippen LogP contribution in [0.3, 0.4) is 0 Å². The van der Waals surface area contributed by atoms with Crippen LogP contribution in [0.25, 0.3) is 0 Å². The minimum absolute atomic E-state index is 0.0769. The smallest absolute Gasteiger partial charge is 0.338 e. The third kappa shape index (κ3) is 5.18. The van der Waals surface area contributed by atoms with E-state index in [2.05, 4.69) is 25.4 Å². The Balaban J connectivity index is 2.02. The summed E-state index contributed by atoms with van der Waals surface area (Å²) in [6, 6.07) is 4.85. The van der Waals surface area contributed by atoms with E-state index in [1.807, 2.05) is 18.2 Å². The van der Waals surface area contributed by atoms with Gasteiger partial charge in [0.25, 0.3) is 0 Å². The average Bonchev–Trinajstić information content (AvgIpc) is 2.76. The highest BCUT2D eigenvalue weighted by atomic mass is 32.2. The number of benzene rings is 1. The summed E-state index contributed by atoms with van der Waals surface area (Å²) >= 11 is 1.51. The number of amides is 1. The Labute approximate surface area is 193 Å². The number of aliphatic imine (C=N–C) groups is 1. The van der Waals surface area contributed by atoms with Gasteiger partial charge in [0.15, 0.2) is 16.7 Å². The van der Waals surface area contributed by atoms with Crippen LogP contribution in [0.15, 0.2) is 47.1 Å². The topological polar surface area (TPSA) is 77.4 Å². The largest absolute Gasteiger partial charge is 0.493 e. The maximum atomic E-state index is 13.0. The van der Waals surface area contributed by atoms with Crippen molar-refractivity contribution >= 4 is 28.8 Å². The predicted octanol–water partition coefficient (Wildman–Crippen LogP) is 4.50. The molecule has 0 radical (unpaired) electrons. The summed E-state index contributed by atoms with van der Waals surface area (Å²) in [7, 11) is 1.57. The van der Waals surface area contributed by atoms with E-state index in [-0.39, 0.29) is 12.5 Å². The SMILES string of the molecule is C=CCOC(=O)C1=C(C)N=C2SCCC(=O)N2C1c1ccc(OCCC(C)C)c(OC)c1. The van der Waals surface area contributed by atoms with Gasteiger partial charge in [0.05, 0.1) is 31.0 Å². The Morgan fingerprint density at radius 3 is 2.84 bits per heavy atom. The van der Waals surface area contributed by atoms with Gasteiger partial charge in [-0.2, -0.15) is 0 Å². The number of nitrogens with zero attached hydrogens (tertiary/aromatic N) is 2. The number of rotatable bonds is 9. The van der Waals surface area contributed by atoms with Crippen molar-refractivity contribution in [3.63, 3.8) is 0 Å². The lowest BCUT2D eigenvalue weighted by Crippen LogP contribution is -2.45. The fourth-order valence-electron chi connectivity index (χ4n) is 3.56. The minimum Gasteiger partial charge on any atom is -0.493 e. The minimum atomic E-state index is -0.654. The highest BCUT2D eigenvalue weighted by Gasteiger charge is 2.41. The molecule has 1 saturated heterocycles. The van der Waals surface area contributed by atoms with Crippen LogP contribution in [0.5, 0.6) is 11.5 Å². The number of hydrogen-bond acceptors (Lipinski definition) is 7. The number of carbonyl (C=O) groups excluding carboxylic acids is 2. The van der Waals surface area contributed by atoms with Gasteiger partial charge >= 0.3 is 5.97 Å². The van der Waals surface area contributed by atoms with E-state index in [9.17, 15) is 9.59 Å². The molecule has 2 aliphatic rings. The lowest BCUT2D eigenvalue weighted by molar-refractivity contribution is -0.139. The van der Waals surface area contributed by atoms with Gasteiger partial charge in [-0.25, -0.2) is 9.79 Å². The molecule has 0 aliphatic carbocycles. The number of methoxy groups -OCH3 is 1. The van der Waals surface area contributed by atoms with Crippen molar-refractivity contribution in [3.8, 4) is 11.5 Å². The Bertz CT molecular complexity index is 954. The van der Waals surface area contributed by atoms with Crippen LogP contribution < -0.4 is 9.47 Å². The molecule has 0 N–H and O–H groups in total. The Morgan fingerprint density at radius 1 is 1.38 bits per heavy atom. The first-order valence-corrected chi connectivity index (χ1v) is 11.7. The van der Waals surface area contributed by atoms with Gasteiger partial charge in [-0.3, -0.25) is 9.69 Å². The number of thioether (sulfide) groups is 1. The fraction of sp³-hybridized carbons (Fsp3) is 0.458. The summed E-state index contributed by atoms with van der Waals surface area (Å²) in [5.74, 6) is 1.76. The van der Waals surface area contributed by atoms with Crippen LogP contribution in [-0.4, -0.2) is 48.0 Å². The quantitative estimate of drug-likeness (QED) is 0.401. The molecule has 0 spiro atoms. The molecule has 1 unspecified atom stereocenters. The molecule has 1 atom stereocenters. The molecule has 0 aromatic heterocycles. The average molecular weight is 459 g/mol. The lowest BCUT2D eigenvalue weighted by atomic mass is 9.93. The third-order valence-electron chi connectivity index (χ3n) is 5.22. The summed E-state index contributed by atoms with van der Waals surface area (Å²) in [6.45, 7) is 10.3. The monoisotopic (exact) mass is 458 g/mol. The Morgan fingerprint density at radius 2 is 2.16 bits per heavy atom. The summed E-state index contributed by atoms with van der Waals surface area (Å²) < 4.78 is 16.8. The molecule has 7 nitrogen and oxygen atoms in total. The number of hydrogen-bond donors (Lipinski definition) is 0. The molecule has 3 rings (SSSR count). The second kappa shape index (κ2) is 10.7. The van der Waals surface area contributed by atoms with Crippen LogP contribution >= 0.6 is 11.8 Å². The first-order chi connectivity index (χ1) is 15.4. The molecule has 1 amide bonds. The molecule has 1 fully saturated rings. The molecular weight excluding hydrogens is 428 g/mol. The van der Waals surface area contributed by atoms with E-state index in [1.54, 1.807) is 18.9 Å². The molecule has 1 aromatic carbocycles. The number of allylic oxidation sites excluding steroid dienone is 1. The van der Waals surface area contributed by atoms with Crippen LogP contribution in [0.4, 0.5) is 0 Å². The maximum Gasteiger partial charge on any atom is 0.338 e. The van der Waals surface area contributed by atoms with Crippen molar-refractivity contribution in [1.82, 2.24) is 4.90 Å². The van der Waals surface area contributed by atoms with Crippen LogP contribution in [0.2, 0.25) is 0 Å².